The number of thioether (sulfide) groups is 1. The van der Waals surface area contributed by atoms with E-state index < -0.39 is 36.0 Å². The number of pyridine rings is 1. The van der Waals surface area contributed by atoms with Crippen LogP contribution in [0.5, 0.6) is 5.75 Å². The molecule has 0 radical (unpaired) electrons. The van der Waals surface area contributed by atoms with Gasteiger partial charge in [0.2, 0.25) is 0 Å². The monoisotopic (exact) mass is 500 g/mol. The summed E-state index contributed by atoms with van der Waals surface area (Å²) in [5, 5.41) is 15.5. The Bertz CT molecular complexity index is 1440. The van der Waals surface area contributed by atoms with Crippen molar-refractivity contribution in [2.24, 2.45) is 0 Å². The maximum absolute atomic E-state index is 13.5. The molecule has 3 amide bonds. The molecule has 13 heteroatoms. The van der Waals surface area contributed by atoms with Crippen molar-refractivity contribution < 1.29 is 27.5 Å². The highest BCUT2D eigenvalue weighted by Crippen LogP contribution is 2.44. The van der Waals surface area contributed by atoms with E-state index in [0.717, 1.165) is 16.7 Å². The number of urea groups is 1. The fraction of sp³-hybridized carbons (Fsp3) is 0.227. The van der Waals surface area contributed by atoms with Crippen molar-refractivity contribution in [2.75, 3.05) is 12.0 Å². The number of amides is 3. The van der Waals surface area contributed by atoms with E-state index in [4.69, 9.17) is 4.74 Å². The first-order valence-electron chi connectivity index (χ1n) is 10.2. The van der Waals surface area contributed by atoms with Gasteiger partial charge in [0.25, 0.3) is 5.91 Å². The van der Waals surface area contributed by atoms with Crippen LogP contribution in [0.15, 0.2) is 42.9 Å². The Kier molecular flexibility index (Phi) is 5.40. The number of nitrogens with zero attached hydrogens (tertiary/aromatic N) is 5. The van der Waals surface area contributed by atoms with Crippen molar-refractivity contribution in [1.29, 1.82) is 5.26 Å². The number of halogens is 3. The van der Waals surface area contributed by atoms with Crippen LogP contribution in [-0.2, 0) is 11.3 Å². The summed E-state index contributed by atoms with van der Waals surface area (Å²) in [5.41, 5.74) is 0.782. The quantitative estimate of drug-likeness (QED) is 0.584. The second-order valence-electron chi connectivity index (χ2n) is 7.76. The van der Waals surface area contributed by atoms with Crippen LogP contribution < -0.4 is 15.0 Å². The maximum atomic E-state index is 13.5. The van der Waals surface area contributed by atoms with Crippen LogP contribution in [0, 0.1) is 11.3 Å². The molecule has 0 saturated carbocycles. The predicted octanol–water partition coefficient (Wildman–Crippen LogP) is 3.46. The Morgan fingerprint density at radius 2 is 2.06 bits per heavy atom. The van der Waals surface area contributed by atoms with Gasteiger partial charge in [0.05, 0.1) is 48.4 Å². The highest BCUT2D eigenvalue weighted by molar-refractivity contribution is 8.09. The van der Waals surface area contributed by atoms with Crippen molar-refractivity contribution in [2.45, 2.75) is 24.0 Å². The normalized spacial score (nSPS) is 19.9. The van der Waals surface area contributed by atoms with E-state index >= 15 is 0 Å². The van der Waals surface area contributed by atoms with Gasteiger partial charge in [-0.15, -0.1) is 11.8 Å². The highest BCUT2D eigenvalue weighted by atomic mass is 32.2. The number of benzene rings is 1. The summed E-state index contributed by atoms with van der Waals surface area (Å²) in [7, 11) is 1.49. The van der Waals surface area contributed by atoms with Crippen LogP contribution in [0.1, 0.15) is 11.1 Å². The molecule has 1 saturated heterocycles. The molecule has 35 heavy (non-hydrogen) atoms. The molecule has 2 aliphatic rings. The fourth-order valence-corrected chi connectivity index (χ4v) is 5.36. The summed E-state index contributed by atoms with van der Waals surface area (Å²) in [6.07, 6.45) is 0.796. The van der Waals surface area contributed by atoms with Crippen molar-refractivity contribution in [1.82, 2.24) is 20.1 Å². The molecule has 3 aromatic rings. The molecule has 178 valence electrons. The zero-order valence-electron chi connectivity index (χ0n) is 17.9. The fourth-order valence-electron chi connectivity index (χ4n) is 4.07. The highest BCUT2D eigenvalue weighted by Gasteiger charge is 2.46. The third kappa shape index (κ3) is 3.95. The molecule has 9 nitrogen and oxygen atoms in total. The Balaban J connectivity index is 1.51. The third-order valence-electron chi connectivity index (χ3n) is 5.57. The number of hydrogen-bond acceptors (Lipinski definition) is 7. The van der Waals surface area contributed by atoms with Crippen LogP contribution in [0.2, 0.25) is 0 Å². The average molecular weight is 500 g/mol. The van der Waals surface area contributed by atoms with Gasteiger partial charge in [-0.2, -0.15) is 23.5 Å². The summed E-state index contributed by atoms with van der Waals surface area (Å²) in [5.74, 6) is -0.103. The maximum Gasteiger partial charge on any atom is 0.408 e. The van der Waals surface area contributed by atoms with Gasteiger partial charge >= 0.3 is 12.2 Å². The summed E-state index contributed by atoms with van der Waals surface area (Å²) >= 11 is 1.15. The number of nitrogens with one attached hydrogen (secondary N) is 1. The Labute approximate surface area is 200 Å². The number of aromatic nitrogens is 3. The van der Waals surface area contributed by atoms with E-state index in [-0.39, 0.29) is 16.6 Å². The molecule has 1 fully saturated rings. The minimum atomic E-state index is -4.56. The third-order valence-corrected chi connectivity index (χ3v) is 6.93. The summed E-state index contributed by atoms with van der Waals surface area (Å²) in [4.78, 5) is 31.8. The van der Waals surface area contributed by atoms with Gasteiger partial charge < -0.3 is 10.1 Å². The Hall–Kier alpha value is -4.05. The van der Waals surface area contributed by atoms with E-state index in [2.05, 4.69) is 21.5 Å². The predicted molar refractivity (Wildman–Crippen MR) is 120 cm³/mol. The molecule has 4 heterocycles. The van der Waals surface area contributed by atoms with E-state index in [0.29, 0.717) is 26.5 Å². The number of nitriles is 1. The molecule has 2 aromatic heterocycles. The lowest BCUT2D eigenvalue weighted by atomic mass is 10.0. The number of alkyl halides is 3. The zero-order valence-corrected chi connectivity index (χ0v) is 18.7. The Morgan fingerprint density at radius 1 is 1.26 bits per heavy atom. The van der Waals surface area contributed by atoms with Crippen LogP contribution in [0.4, 0.5) is 23.7 Å². The van der Waals surface area contributed by atoms with Gasteiger partial charge in [-0.25, -0.2) is 9.69 Å². The van der Waals surface area contributed by atoms with Crippen LogP contribution >= 0.6 is 11.8 Å². The molecule has 0 bridgehead atoms. The molecule has 0 spiro atoms. The van der Waals surface area contributed by atoms with Gasteiger partial charge in [-0.1, -0.05) is 0 Å². The molecule has 2 atom stereocenters. The number of ether oxygens (including phenoxy) is 1. The lowest BCUT2D eigenvalue weighted by Gasteiger charge is -2.33. The van der Waals surface area contributed by atoms with Crippen molar-refractivity contribution in [3.05, 3.63) is 54.0 Å². The molecule has 2 aliphatic heterocycles. The number of carbonyl (C=O) groups excluding carboxylic acids is 2. The zero-order chi connectivity index (χ0) is 24.9. The van der Waals surface area contributed by atoms with E-state index in [1.165, 1.54) is 25.7 Å². The summed E-state index contributed by atoms with van der Waals surface area (Å²) < 4.78 is 45.2. The molecule has 1 aromatic carbocycles. The largest absolute Gasteiger partial charge is 0.497 e. The topological polar surface area (TPSA) is 113 Å². The number of anilines is 1. The first-order chi connectivity index (χ1) is 16.7. The number of methoxy groups -OCH3 is 1. The first kappa shape index (κ1) is 22.7. The molecule has 5 rings (SSSR count). The lowest BCUT2D eigenvalue weighted by Crippen LogP contribution is -2.60. The van der Waals surface area contributed by atoms with Gasteiger partial charge in [0, 0.05) is 22.1 Å². The van der Waals surface area contributed by atoms with Gasteiger partial charge in [0.15, 0.2) is 0 Å². The smallest absolute Gasteiger partial charge is 0.408 e. The van der Waals surface area contributed by atoms with Crippen molar-refractivity contribution >= 4 is 45.2 Å². The van der Waals surface area contributed by atoms with E-state index in [1.54, 1.807) is 24.3 Å². The van der Waals surface area contributed by atoms with Crippen molar-refractivity contribution in [3.8, 4) is 11.8 Å². The summed E-state index contributed by atoms with van der Waals surface area (Å²) in [6, 6.07) is 5.53. The van der Waals surface area contributed by atoms with Crippen LogP contribution in [-0.4, -0.2) is 51.3 Å². The number of fused-ring (bicyclic) bond motifs is 2. The van der Waals surface area contributed by atoms with Crippen LogP contribution in [0.3, 0.4) is 0 Å². The van der Waals surface area contributed by atoms with Gasteiger partial charge in [0.1, 0.15) is 17.5 Å². The molecular weight excluding hydrogens is 485 g/mol. The summed E-state index contributed by atoms with van der Waals surface area (Å²) in [6.45, 7) is -1.39. The average Bonchev–Trinajstić information content (AvgIpc) is 3.42. The molecule has 0 aliphatic carbocycles. The Morgan fingerprint density at radius 3 is 2.77 bits per heavy atom. The molecular formula is C22H15F3N6O3S. The van der Waals surface area contributed by atoms with E-state index in [1.807, 2.05) is 0 Å². The SMILES string of the molecule is COc1ccc(C#N)c(C2=CC3NC(=O)N(c4cncc5cnn(CC(F)(F)F)c45)C(=O)C3S2)c1. The number of hydrogen-bond donors (Lipinski definition) is 1. The standard InChI is InChI=1S/C22H15F3N6O3S/c1-34-13-3-2-11(6-26)14(4-13)17-5-15-19(35-17)20(32)31(21(33)29-15)16-9-27-7-12-8-28-30(18(12)16)10-22(23,24)25/h2-5,7-9,15,19H,10H2,1H3,(H,29,33). The minimum Gasteiger partial charge on any atom is -0.497 e. The lowest BCUT2D eigenvalue weighted by molar-refractivity contribution is -0.141. The molecule has 1 N–H and O–H groups in total. The molecule has 2 unspecified atom stereocenters. The first-order valence-corrected chi connectivity index (χ1v) is 11.1. The number of rotatable bonds is 4. The van der Waals surface area contributed by atoms with E-state index in [9.17, 15) is 28.0 Å². The van der Waals surface area contributed by atoms with Crippen LogP contribution in [0.25, 0.3) is 15.8 Å². The second kappa shape index (κ2) is 8.31. The second-order valence-corrected chi connectivity index (χ2v) is 8.94. The van der Waals surface area contributed by atoms with Crippen molar-refractivity contribution in [3.63, 3.8) is 0 Å². The minimum absolute atomic E-state index is 0.0324. The number of carbonyl (C=O) groups is 2. The van der Waals surface area contributed by atoms with Gasteiger partial charge in [-0.3, -0.25) is 14.5 Å². The number of imide groups is 1. The van der Waals surface area contributed by atoms with Gasteiger partial charge in [-0.05, 0) is 24.3 Å².